The van der Waals surface area contributed by atoms with Gasteiger partial charge in [-0.15, -0.1) is 0 Å². The Morgan fingerprint density at radius 2 is 2.15 bits per heavy atom. The van der Waals surface area contributed by atoms with Crippen molar-refractivity contribution in [3.63, 3.8) is 0 Å². The van der Waals surface area contributed by atoms with Crippen LogP contribution in [-0.2, 0) is 16.8 Å². The minimum atomic E-state index is -0.170. The number of hydrogen-bond donors (Lipinski definition) is 0. The first-order valence-corrected chi connectivity index (χ1v) is 6.45. The Morgan fingerprint density at radius 1 is 1.35 bits per heavy atom. The molecule has 4 heteroatoms. The highest BCUT2D eigenvalue weighted by molar-refractivity contribution is 5.70. The van der Waals surface area contributed by atoms with Crippen molar-refractivity contribution in [1.29, 1.82) is 0 Å². The summed E-state index contributed by atoms with van der Waals surface area (Å²) in [7, 11) is 0. The molecule has 0 radical (unpaired) electrons. The molecule has 0 aliphatic heterocycles. The van der Waals surface area contributed by atoms with Gasteiger partial charge in [0.15, 0.2) is 12.9 Å². The van der Waals surface area contributed by atoms with Gasteiger partial charge in [0.2, 0.25) is 5.89 Å². The molecule has 1 aliphatic carbocycles. The van der Waals surface area contributed by atoms with E-state index in [-0.39, 0.29) is 17.7 Å². The monoisotopic (exact) mass is 269 g/mol. The largest absolute Gasteiger partial charge is 0.487 e. The molecule has 0 spiro atoms. The summed E-state index contributed by atoms with van der Waals surface area (Å²) in [6, 6.07) is 8.22. The molecule has 0 N–H and O–H groups in total. The van der Waals surface area contributed by atoms with Gasteiger partial charge in [-0.05, 0) is 31.1 Å². The van der Waals surface area contributed by atoms with Gasteiger partial charge in [-0.2, -0.15) is 0 Å². The Morgan fingerprint density at radius 3 is 2.85 bits per heavy atom. The quantitative estimate of drug-likeness (QED) is 0.799. The van der Waals surface area contributed by atoms with Gasteiger partial charge in [0.25, 0.3) is 0 Å². The van der Waals surface area contributed by atoms with Crippen molar-refractivity contribution in [2.45, 2.75) is 25.9 Å². The average Bonchev–Trinajstić information content (AvgIpc) is 3.00. The summed E-state index contributed by atoms with van der Waals surface area (Å²) in [6.07, 6.45) is 4.02. The second-order valence-electron chi connectivity index (χ2n) is 5.29. The van der Waals surface area contributed by atoms with Crippen LogP contribution < -0.4 is 0 Å². The van der Waals surface area contributed by atoms with Gasteiger partial charge in [0.1, 0.15) is 17.7 Å². The molecular formula is C16H15NO3. The topological polar surface area (TPSA) is 52.3 Å². The van der Waals surface area contributed by atoms with Gasteiger partial charge in [0.05, 0.1) is 0 Å². The lowest BCUT2D eigenvalue weighted by Crippen LogP contribution is -2.19. The third-order valence-electron chi connectivity index (χ3n) is 3.58. The third-order valence-corrected chi connectivity index (χ3v) is 3.58. The van der Waals surface area contributed by atoms with Crippen LogP contribution in [0.25, 0.3) is 6.08 Å². The van der Waals surface area contributed by atoms with Crippen LogP contribution in [0.1, 0.15) is 41.4 Å². The van der Waals surface area contributed by atoms with E-state index >= 15 is 0 Å². The maximum atomic E-state index is 10.6. The highest BCUT2D eigenvalue weighted by atomic mass is 16.5. The van der Waals surface area contributed by atoms with Gasteiger partial charge < -0.3 is 9.15 Å². The zero-order valence-electron chi connectivity index (χ0n) is 11.4. The third kappa shape index (κ3) is 2.03. The predicted molar refractivity (Wildman–Crippen MR) is 74.1 cm³/mol. The van der Waals surface area contributed by atoms with Gasteiger partial charge in [0, 0.05) is 5.41 Å². The van der Waals surface area contributed by atoms with Crippen LogP contribution in [-0.4, -0.2) is 11.3 Å². The molecule has 0 unspecified atom stereocenters. The van der Waals surface area contributed by atoms with Crippen LogP contribution in [0.3, 0.4) is 0 Å². The predicted octanol–water partition coefficient (Wildman–Crippen LogP) is 3.34. The zero-order valence-corrected chi connectivity index (χ0v) is 11.4. The van der Waals surface area contributed by atoms with E-state index in [1.54, 1.807) is 0 Å². The van der Waals surface area contributed by atoms with E-state index < -0.39 is 0 Å². The van der Waals surface area contributed by atoms with Crippen molar-refractivity contribution in [3.05, 3.63) is 59.0 Å². The Balaban J connectivity index is 1.77. The van der Waals surface area contributed by atoms with Gasteiger partial charge >= 0.3 is 0 Å². The second-order valence-corrected chi connectivity index (χ2v) is 5.29. The van der Waals surface area contributed by atoms with E-state index in [0.29, 0.717) is 12.2 Å². The standard InChI is InChI=1S/C16H15NO3/c1-16(2)13-6-4-3-5-11(13)7-14(16)19-10-15-17-12(8-18)9-20-15/h3-9H,10H2,1-2H3. The molecule has 0 atom stereocenters. The van der Waals surface area contributed by atoms with E-state index in [0.717, 1.165) is 5.76 Å². The van der Waals surface area contributed by atoms with Crippen molar-refractivity contribution in [2.24, 2.45) is 0 Å². The SMILES string of the molecule is CC1(C)C(OCc2nc(C=O)co2)=Cc2ccccc21. The van der Waals surface area contributed by atoms with Crippen LogP contribution in [0.4, 0.5) is 0 Å². The van der Waals surface area contributed by atoms with E-state index in [9.17, 15) is 4.79 Å². The van der Waals surface area contributed by atoms with E-state index in [2.05, 4.69) is 31.0 Å². The van der Waals surface area contributed by atoms with Crippen LogP contribution in [0.2, 0.25) is 0 Å². The second kappa shape index (κ2) is 4.63. The van der Waals surface area contributed by atoms with E-state index in [1.165, 1.54) is 17.4 Å². The summed E-state index contributed by atoms with van der Waals surface area (Å²) in [5.41, 5.74) is 2.53. The molecule has 4 nitrogen and oxygen atoms in total. The number of benzene rings is 1. The van der Waals surface area contributed by atoms with Gasteiger partial charge in [-0.25, -0.2) is 4.98 Å². The molecule has 0 bridgehead atoms. The number of hydrogen-bond acceptors (Lipinski definition) is 4. The molecule has 1 aromatic heterocycles. The van der Waals surface area contributed by atoms with Crippen molar-refractivity contribution < 1.29 is 13.9 Å². The number of allylic oxidation sites excluding steroid dienone is 1. The lowest BCUT2D eigenvalue weighted by atomic mass is 9.86. The molecule has 0 fully saturated rings. The van der Waals surface area contributed by atoms with Crippen LogP contribution in [0.15, 0.2) is 40.7 Å². The zero-order chi connectivity index (χ0) is 14.2. The molecule has 3 rings (SSSR count). The Labute approximate surface area is 117 Å². The molecule has 1 heterocycles. The number of ether oxygens (including phenoxy) is 1. The maximum Gasteiger partial charge on any atom is 0.232 e. The first-order chi connectivity index (χ1) is 9.61. The first kappa shape index (κ1) is 12.7. The summed E-state index contributed by atoms with van der Waals surface area (Å²) in [4.78, 5) is 14.6. The highest BCUT2D eigenvalue weighted by Crippen LogP contribution is 2.41. The highest BCUT2D eigenvalue weighted by Gasteiger charge is 2.34. The lowest BCUT2D eigenvalue weighted by Gasteiger charge is -2.24. The number of aromatic nitrogens is 1. The number of fused-ring (bicyclic) bond motifs is 1. The Hall–Kier alpha value is -2.36. The number of aldehydes is 1. The van der Waals surface area contributed by atoms with Crippen molar-refractivity contribution in [1.82, 2.24) is 4.98 Å². The lowest BCUT2D eigenvalue weighted by molar-refractivity contribution is 0.111. The van der Waals surface area contributed by atoms with Crippen LogP contribution in [0, 0.1) is 0 Å². The van der Waals surface area contributed by atoms with Crippen molar-refractivity contribution in [3.8, 4) is 0 Å². The van der Waals surface area contributed by atoms with Crippen LogP contribution in [0.5, 0.6) is 0 Å². The number of nitrogens with zero attached hydrogens (tertiary/aromatic N) is 1. The van der Waals surface area contributed by atoms with Crippen molar-refractivity contribution in [2.75, 3.05) is 0 Å². The summed E-state index contributed by atoms with van der Waals surface area (Å²) in [5, 5.41) is 0. The number of carbonyl (C=O) groups is 1. The molecular weight excluding hydrogens is 254 g/mol. The fraction of sp³-hybridized carbons (Fsp3) is 0.250. The van der Waals surface area contributed by atoms with Crippen molar-refractivity contribution >= 4 is 12.4 Å². The first-order valence-electron chi connectivity index (χ1n) is 6.45. The molecule has 0 saturated heterocycles. The van der Waals surface area contributed by atoms with E-state index in [1.807, 2.05) is 18.2 Å². The molecule has 102 valence electrons. The fourth-order valence-corrected chi connectivity index (χ4v) is 2.45. The smallest absolute Gasteiger partial charge is 0.232 e. The average molecular weight is 269 g/mol. The van der Waals surface area contributed by atoms with Gasteiger partial charge in [-0.1, -0.05) is 24.3 Å². The maximum absolute atomic E-state index is 10.6. The number of oxazole rings is 1. The minimum absolute atomic E-state index is 0.170. The molecule has 20 heavy (non-hydrogen) atoms. The summed E-state index contributed by atoms with van der Waals surface area (Å²) >= 11 is 0. The molecule has 0 amide bonds. The van der Waals surface area contributed by atoms with E-state index in [4.69, 9.17) is 9.15 Å². The normalized spacial score (nSPS) is 15.6. The van der Waals surface area contributed by atoms with Gasteiger partial charge in [-0.3, -0.25) is 4.79 Å². The molecule has 0 saturated carbocycles. The summed E-state index contributed by atoms with van der Waals surface area (Å²) in [6.45, 7) is 4.46. The molecule has 1 aromatic carbocycles. The summed E-state index contributed by atoms with van der Waals surface area (Å²) < 4.78 is 11.0. The fourth-order valence-electron chi connectivity index (χ4n) is 2.45. The van der Waals surface area contributed by atoms with Crippen LogP contribution >= 0.6 is 0 Å². The Bertz CT molecular complexity index is 683. The molecule has 1 aliphatic rings. The minimum Gasteiger partial charge on any atom is -0.487 e. The Kier molecular flexibility index (Phi) is 2.93. The molecule has 2 aromatic rings. The number of carbonyl (C=O) groups excluding carboxylic acids is 1. The number of rotatable bonds is 4. The summed E-state index contributed by atoms with van der Waals surface area (Å²) in [5.74, 6) is 1.28.